The minimum Gasteiger partial charge on any atom is -0.454 e. The van der Waals surface area contributed by atoms with Gasteiger partial charge in [0.2, 0.25) is 6.79 Å². The quantitative estimate of drug-likeness (QED) is 0.918. The number of nitrogens with zero attached hydrogens (tertiary/aromatic N) is 1. The van der Waals surface area contributed by atoms with Gasteiger partial charge in [0.1, 0.15) is 0 Å². The normalized spacial score (nSPS) is 19.9. The van der Waals surface area contributed by atoms with Crippen LogP contribution in [0.2, 0.25) is 0 Å². The molecule has 0 radical (unpaired) electrons. The third kappa shape index (κ3) is 3.27. The summed E-state index contributed by atoms with van der Waals surface area (Å²) in [7, 11) is 0. The number of nitrogens with one attached hydrogen (secondary N) is 1. The average Bonchev–Trinajstić information content (AvgIpc) is 3.24. The van der Waals surface area contributed by atoms with Gasteiger partial charge in [0, 0.05) is 25.3 Å². The summed E-state index contributed by atoms with van der Waals surface area (Å²) < 4.78 is 10.9. The summed E-state index contributed by atoms with van der Waals surface area (Å²) in [4.78, 5) is 2.53. The molecule has 0 aromatic heterocycles. The Morgan fingerprint density at radius 2 is 1.91 bits per heavy atom. The van der Waals surface area contributed by atoms with Crippen molar-refractivity contribution in [2.45, 2.75) is 12.3 Å². The zero-order chi connectivity index (χ0) is 15.5. The summed E-state index contributed by atoms with van der Waals surface area (Å²) >= 11 is 0. The van der Waals surface area contributed by atoms with E-state index < -0.39 is 0 Å². The van der Waals surface area contributed by atoms with E-state index >= 15 is 0 Å². The first-order valence-electron chi connectivity index (χ1n) is 8.29. The second kappa shape index (κ2) is 6.50. The van der Waals surface area contributed by atoms with Gasteiger partial charge in [-0.3, -0.25) is 0 Å². The molecular weight excluding hydrogens is 288 g/mol. The van der Waals surface area contributed by atoms with E-state index in [1.807, 2.05) is 12.1 Å². The summed E-state index contributed by atoms with van der Waals surface area (Å²) in [6.07, 6.45) is 1.21. The molecule has 23 heavy (non-hydrogen) atoms. The lowest BCUT2D eigenvalue weighted by atomic mass is 9.98. The predicted molar refractivity (Wildman–Crippen MR) is 91.3 cm³/mol. The Kier molecular flexibility index (Phi) is 4.07. The molecule has 120 valence electrons. The first kappa shape index (κ1) is 14.4. The molecule has 4 rings (SSSR count). The second-order valence-corrected chi connectivity index (χ2v) is 6.19. The summed E-state index contributed by atoms with van der Waals surface area (Å²) in [5, 5.41) is 3.48. The molecule has 4 heteroatoms. The Bertz CT molecular complexity index is 660. The van der Waals surface area contributed by atoms with Gasteiger partial charge in [-0.2, -0.15) is 0 Å². The Labute approximate surface area is 137 Å². The molecular formula is C19H22N2O2. The number of likely N-dealkylation sites (tertiary alicyclic amines) is 1. The molecule has 2 aromatic carbocycles. The molecule has 0 amide bonds. The summed E-state index contributed by atoms with van der Waals surface area (Å²) in [5.74, 6) is 2.36. The highest BCUT2D eigenvalue weighted by molar-refractivity contribution is 5.45. The van der Waals surface area contributed by atoms with Crippen molar-refractivity contribution in [3.05, 3.63) is 54.1 Å². The Morgan fingerprint density at radius 1 is 1.04 bits per heavy atom. The van der Waals surface area contributed by atoms with Crippen LogP contribution in [0.4, 0.5) is 5.69 Å². The van der Waals surface area contributed by atoms with Gasteiger partial charge >= 0.3 is 0 Å². The number of benzene rings is 2. The number of hydrogen-bond donors (Lipinski definition) is 1. The van der Waals surface area contributed by atoms with E-state index in [9.17, 15) is 0 Å². The highest BCUT2D eigenvalue weighted by Crippen LogP contribution is 2.36. The van der Waals surface area contributed by atoms with E-state index in [1.165, 1.54) is 17.7 Å². The van der Waals surface area contributed by atoms with Crippen molar-refractivity contribution in [3.8, 4) is 11.5 Å². The Hall–Kier alpha value is -2.20. The largest absolute Gasteiger partial charge is 0.454 e. The molecule has 0 aliphatic carbocycles. The number of ether oxygens (including phenoxy) is 2. The third-order valence-corrected chi connectivity index (χ3v) is 4.67. The van der Waals surface area contributed by atoms with Crippen molar-refractivity contribution >= 4 is 5.69 Å². The fourth-order valence-electron chi connectivity index (χ4n) is 3.39. The predicted octanol–water partition coefficient (Wildman–Crippen LogP) is 3.32. The van der Waals surface area contributed by atoms with Crippen molar-refractivity contribution in [3.63, 3.8) is 0 Å². The van der Waals surface area contributed by atoms with Crippen LogP contribution in [-0.4, -0.2) is 37.9 Å². The topological polar surface area (TPSA) is 33.7 Å². The number of hydrogen-bond acceptors (Lipinski definition) is 4. The molecule has 2 aliphatic heterocycles. The van der Waals surface area contributed by atoms with Crippen LogP contribution in [0.5, 0.6) is 11.5 Å². The van der Waals surface area contributed by atoms with Gasteiger partial charge < -0.3 is 19.7 Å². The van der Waals surface area contributed by atoms with Gasteiger partial charge in [0.05, 0.1) is 0 Å². The maximum Gasteiger partial charge on any atom is 0.231 e. The van der Waals surface area contributed by atoms with Crippen LogP contribution in [0.1, 0.15) is 17.9 Å². The highest BCUT2D eigenvalue weighted by atomic mass is 16.7. The van der Waals surface area contributed by atoms with Gasteiger partial charge in [-0.1, -0.05) is 24.3 Å². The first-order valence-corrected chi connectivity index (χ1v) is 8.29. The number of rotatable bonds is 5. The Balaban J connectivity index is 1.29. The lowest BCUT2D eigenvalue weighted by Crippen LogP contribution is -2.26. The fraction of sp³-hybridized carbons (Fsp3) is 0.368. The summed E-state index contributed by atoms with van der Waals surface area (Å²) in [6, 6.07) is 16.8. The first-order chi connectivity index (χ1) is 11.4. The van der Waals surface area contributed by atoms with Crippen molar-refractivity contribution in [2.75, 3.05) is 38.3 Å². The lowest BCUT2D eigenvalue weighted by Gasteiger charge is -2.17. The highest BCUT2D eigenvalue weighted by Gasteiger charge is 2.25. The molecule has 0 spiro atoms. The van der Waals surface area contributed by atoms with Crippen LogP contribution in [0.25, 0.3) is 0 Å². The van der Waals surface area contributed by atoms with Gasteiger partial charge in [-0.25, -0.2) is 0 Å². The van der Waals surface area contributed by atoms with Crippen LogP contribution >= 0.6 is 0 Å². The maximum atomic E-state index is 5.49. The third-order valence-electron chi connectivity index (χ3n) is 4.67. The molecule has 1 unspecified atom stereocenters. The van der Waals surface area contributed by atoms with Crippen LogP contribution in [-0.2, 0) is 0 Å². The lowest BCUT2D eigenvalue weighted by molar-refractivity contribution is 0.174. The molecule has 1 atom stereocenters. The molecule has 2 aromatic rings. The molecule has 2 aliphatic rings. The smallest absolute Gasteiger partial charge is 0.231 e. The standard InChI is InChI=1S/C19H22N2O2/c1-2-4-17(5-3-1)20-9-11-21-10-8-16(13-21)15-6-7-18-19(12-15)23-14-22-18/h1-7,12,16,20H,8-11,13-14H2. The molecule has 2 heterocycles. The van der Waals surface area contributed by atoms with Crippen LogP contribution in [0, 0.1) is 0 Å². The van der Waals surface area contributed by atoms with Gasteiger partial charge in [0.15, 0.2) is 11.5 Å². The van der Waals surface area contributed by atoms with Crippen molar-refractivity contribution in [2.24, 2.45) is 0 Å². The van der Waals surface area contributed by atoms with Gasteiger partial charge in [-0.05, 0) is 48.7 Å². The zero-order valence-electron chi connectivity index (χ0n) is 13.2. The molecule has 1 N–H and O–H groups in total. The number of anilines is 1. The molecule has 4 nitrogen and oxygen atoms in total. The minimum atomic E-state index is 0.348. The monoisotopic (exact) mass is 310 g/mol. The number of fused-ring (bicyclic) bond motifs is 1. The molecule has 0 bridgehead atoms. The van der Waals surface area contributed by atoms with E-state index in [1.54, 1.807) is 0 Å². The Morgan fingerprint density at radius 3 is 2.83 bits per heavy atom. The minimum absolute atomic E-state index is 0.348. The average molecular weight is 310 g/mol. The van der Waals surface area contributed by atoms with Gasteiger partial charge in [0.25, 0.3) is 0 Å². The van der Waals surface area contributed by atoms with Crippen molar-refractivity contribution in [1.29, 1.82) is 0 Å². The van der Waals surface area contributed by atoms with Crippen LogP contribution < -0.4 is 14.8 Å². The number of para-hydroxylation sites is 1. The summed E-state index contributed by atoms with van der Waals surface area (Å²) in [6.45, 7) is 4.69. The van der Waals surface area contributed by atoms with Crippen LogP contribution in [0.3, 0.4) is 0 Å². The van der Waals surface area contributed by atoms with E-state index in [0.29, 0.717) is 12.7 Å². The SMILES string of the molecule is c1ccc(NCCN2CCC(c3ccc4c(c3)OCO4)C2)cc1. The second-order valence-electron chi connectivity index (χ2n) is 6.19. The fourth-order valence-corrected chi connectivity index (χ4v) is 3.39. The summed E-state index contributed by atoms with van der Waals surface area (Å²) in [5.41, 5.74) is 2.56. The van der Waals surface area contributed by atoms with Crippen molar-refractivity contribution < 1.29 is 9.47 Å². The van der Waals surface area contributed by atoms with E-state index in [0.717, 1.165) is 37.7 Å². The molecule has 1 saturated heterocycles. The maximum absolute atomic E-state index is 5.49. The molecule has 1 fully saturated rings. The zero-order valence-corrected chi connectivity index (χ0v) is 13.2. The van der Waals surface area contributed by atoms with E-state index in [2.05, 4.69) is 46.6 Å². The van der Waals surface area contributed by atoms with E-state index in [-0.39, 0.29) is 0 Å². The van der Waals surface area contributed by atoms with Crippen molar-refractivity contribution in [1.82, 2.24) is 4.90 Å². The van der Waals surface area contributed by atoms with Gasteiger partial charge in [-0.15, -0.1) is 0 Å². The van der Waals surface area contributed by atoms with E-state index in [4.69, 9.17) is 9.47 Å². The molecule has 0 saturated carbocycles. The van der Waals surface area contributed by atoms with Crippen LogP contribution in [0.15, 0.2) is 48.5 Å².